The number of hydrogen-bond donors (Lipinski definition) is 1. The van der Waals surface area contributed by atoms with Gasteiger partial charge in [0.25, 0.3) is 0 Å². The third-order valence-electron chi connectivity index (χ3n) is 2.79. The minimum absolute atomic E-state index is 0.122. The summed E-state index contributed by atoms with van der Waals surface area (Å²) in [5, 5.41) is 0.650. The van der Waals surface area contributed by atoms with E-state index in [1.165, 1.54) is 19.2 Å². The number of rotatable bonds is 6. The van der Waals surface area contributed by atoms with Crippen LogP contribution in [-0.2, 0) is 24.9 Å². The number of methoxy groups -OCH3 is 1. The first kappa shape index (κ1) is 17.1. The van der Waals surface area contributed by atoms with Crippen molar-refractivity contribution in [1.29, 1.82) is 0 Å². The lowest BCUT2D eigenvalue weighted by Crippen LogP contribution is -2.44. The van der Waals surface area contributed by atoms with Crippen LogP contribution in [0.5, 0.6) is 0 Å². The zero-order valence-electron chi connectivity index (χ0n) is 11.6. The third-order valence-corrected chi connectivity index (χ3v) is 4.90. The molecule has 0 heterocycles. The molecule has 0 aliphatic rings. The third kappa shape index (κ3) is 4.29. The lowest BCUT2D eigenvalue weighted by atomic mass is 10.1. The topological polar surface area (TPSA) is 72.5 Å². The summed E-state index contributed by atoms with van der Waals surface area (Å²) in [5.74, 6) is -0.806. The highest BCUT2D eigenvalue weighted by molar-refractivity contribution is 9.08. The molecule has 0 bridgehead atoms. The molecule has 0 spiro atoms. The molecule has 0 aliphatic carbocycles. The summed E-state index contributed by atoms with van der Waals surface area (Å²) in [6.45, 7) is 3.50. The van der Waals surface area contributed by atoms with Gasteiger partial charge in [0.2, 0.25) is 10.0 Å². The molecular formula is C13H18BrNO4S. The average Bonchev–Trinajstić information content (AvgIpc) is 2.43. The van der Waals surface area contributed by atoms with Gasteiger partial charge in [-0.25, -0.2) is 8.42 Å². The van der Waals surface area contributed by atoms with E-state index >= 15 is 0 Å². The number of esters is 1. The molecule has 1 N–H and O–H groups in total. The van der Waals surface area contributed by atoms with Crippen molar-refractivity contribution in [2.75, 3.05) is 7.11 Å². The first-order valence-electron chi connectivity index (χ1n) is 6.07. The van der Waals surface area contributed by atoms with Crippen molar-refractivity contribution in [2.24, 2.45) is 5.92 Å². The second kappa shape index (κ2) is 7.19. The number of nitrogens with one attached hydrogen (secondary N) is 1. The van der Waals surface area contributed by atoms with Crippen LogP contribution in [0.15, 0.2) is 29.2 Å². The number of ether oxygens (including phenoxy) is 1. The highest BCUT2D eigenvalue weighted by Gasteiger charge is 2.28. The van der Waals surface area contributed by atoms with Crippen molar-refractivity contribution in [3.63, 3.8) is 0 Å². The van der Waals surface area contributed by atoms with E-state index in [0.29, 0.717) is 5.33 Å². The van der Waals surface area contributed by atoms with Crippen LogP contribution < -0.4 is 4.72 Å². The quantitative estimate of drug-likeness (QED) is 0.620. The number of benzene rings is 1. The maximum absolute atomic E-state index is 12.2. The summed E-state index contributed by atoms with van der Waals surface area (Å²) in [5.41, 5.74) is 0.970. The van der Waals surface area contributed by atoms with Crippen molar-refractivity contribution in [2.45, 2.75) is 30.1 Å². The Bertz CT molecular complexity index is 554. The van der Waals surface area contributed by atoms with Crippen LogP contribution in [0.2, 0.25) is 0 Å². The number of carbonyl (C=O) groups is 1. The smallest absolute Gasteiger partial charge is 0.324 e. The van der Waals surface area contributed by atoms with Gasteiger partial charge in [0.1, 0.15) is 6.04 Å². The van der Waals surface area contributed by atoms with Gasteiger partial charge >= 0.3 is 5.97 Å². The fourth-order valence-corrected chi connectivity index (χ4v) is 3.28. The molecule has 0 saturated heterocycles. The second-order valence-corrected chi connectivity index (χ2v) is 6.92. The van der Waals surface area contributed by atoms with Crippen LogP contribution in [0.4, 0.5) is 0 Å². The maximum Gasteiger partial charge on any atom is 0.324 e. The van der Waals surface area contributed by atoms with E-state index < -0.39 is 22.0 Å². The first-order valence-corrected chi connectivity index (χ1v) is 8.67. The zero-order chi connectivity index (χ0) is 15.3. The summed E-state index contributed by atoms with van der Waals surface area (Å²) in [7, 11) is -2.52. The predicted molar refractivity (Wildman–Crippen MR) is 80.0 cm³/mol. The van der Waals surface area contributed by atoms with E-state index in [9.17, 15) is 13.2 Å². The van der Waals surface area contributed by atoms with E-state index in [2.05, 4.69) is 25.4 Å². The van der Waals surface area contributed by atoms with E-state index in [0.717, 1.165) is 5.56 Å². The van der Waals surface area contributed by atoms with Crippen molar-refractivity contribution < 1.29 is 17.9 Å². The Labute approximate surface area is 127 Å². The standard InChI is InChI=1S/C13H18BrNO4S/c1-9(2)12(13(16)19-3)15-20(17,18)11-6-4-10(8-14)5-7-11/h4-7,9,12,15H,8H2,1-3H3. The fourth-order valence-electron chi connectivity index (χ4n) is 1.58. The maximum atomic E-state index is 12.2. The van der Waals surface area contributed by atoms with Crippen LogP contribution in [-0.4, -0.2) is 27.5 Å². The molecule has 7 heteroatoms. The summed E-state index contributed by atoms with van der Waals surface area (Å²) in [6.07, 6.45) is 0. The number of carbonyl (C=O) groups excluding carboxylic acids is 1. The predicted octanol–water partition coefficient (Wildman–Crippen LogP) is 2.06. The molecule has 1 aromatic carbocycles. The molecule has 0 radical (unpaired) electrons. The van der Waals surface area contributed by atoms with Crippen molar-refractivity contribution in [3.8, 4) is 0 Å². The van der Waals surface area contributed by atoms with Crippen LogP contribution >= 0.6 is 15.9 Å². The average molecular weight is 364 g/mol. The Hall–Kier alpha value is -0.920. The van der Waals surface area contributed by atoms with Crippen LogP contribution in [0.25, 0.3) is 0 Å². The van der Waals surface area contributed by atoms with Crippen molar-refractivity contribution in [1.82, 2.24) is 4.72 Å². The monoisotopic (exact) mass is 363 g/mol. The van der Waals surface area contributed by atoms with E-state index in [4.69, 9.17) is 0 Å². The molecule has 1 atom stereocenters. The van der Waals surface area contributed by atoms with E-state index in [1.54, 1.807) is 26.0 Å². The van der Waals surface area contributed by atoms with Gasteiger partial charge in [0.15, 0.2) is 0 Å². The van der Waals surface area contributed by atoms with E-state index in [1.807, 2.05) is 0 Å². The Morgan fingerprint density at radius 1 is 1.30 bits per heavy atom. The van der Waals surface area contributed by atoms with Crippen LogP contribution in [0, 0.1) is 5.92 Å². The Kier molecular flexibility index (Phi) is 6.16. The summed E-state index contributed by atoms with van der Waals surface area (Å²) in [6, 6.07) is 5.54. The van der Waals surface area contributed by atoms with Crippen LogP contribution in [0.1, 0.15) is 19.4 Å². The first-order chi connectivity index (χ1) is 9.31. The van der Waals surface area contributed by atoms with Gasteiger partial charge in [-0.15, -0.1) is 0 Å². The minimum Gasteiger partial charge on any atom is -0.468 e. The second-order valence-electron chi connectivity index (χ2n) is 4.64. The Morgan fingerprint density at radius 3 is 2.25 bits per heavy atom. The molecule has 20 heavy (non-hydrogen) atoms. The van der Waals surface area contributed by atoms with Gasteiger partial charge in [-0.05, 0) is 23.6 Å². The Balaban J connectivity index is 3.00. The van der Waals surface area contributed by atoms with Crippen LogP contribution in [0.3, 0.4) is 0 Å². The van der Waals surface area contributed by atoms with Gasteiger partial charge in [-0.1, -0.05) is 41.9 Å². The molecule has 1 aromatic rings. The van der Waals surface area contributed by atoms with Gasteiger partial charge in [-0.2, -0.15) is 4.72 Å². The van der Waals surface area contributed by atoms with Gasteiger partial charge in [0.05, 0.1) is 12.0 Å². The Morgan fingerprint density at radius 2 is 1.85 bits per heavy atom. The number of alkyl halides is 1. The zero-order valence-corrected chi connectivity index (χ0v) is 14.0. The lowest BCUT2D eigenvalue weighted by Gasteiger charge is -2.19. The molecular weight excluding hydrogens is 346 g/mol. The number of hydrogen-bond acceptors (Lipinski definition) is 4. The summed E-state index contributed by atoms with van der Waals surface area (Å²) < 4.78 is 31.5. The highest BCUT2D eigenvalue weighted by Crippen LogP contribution is 2.15. The SMILES string of the molecule is COC(=O)C(NS(=O)(=O)c1ccc(CBr)cc1)C(C)C. The van der Waals surface area contributed by atoms with Gasteiger partial charge in [0, 0.05) is 5.33 Å². The molecule has 5 nitrogen and oxygen atoms in total. The van der Waals surface area contributed by atoms with Gasteiger partial charge < -0.3 is 4.74 Å². The molecule has 1 unspecified atom stereocenters. The molecule has 0 aromatic heterocycles. The normalized spacial score (nSPS) is 13.2. The van der Waals surface area contributed by atoms with Gasteiger partial charge in [-0.3, -0.25) is 4.79 Å². The lowest BCUT2D eigenvalue weighted by molar-refractivity contribution is -0.143. The summed E-state index contributed by atoms with van der Waals surface area (Å²) in [4.78, 5) is 11.7. The molecule has 0 aliphatic heterocycles. The largest absolute Gasteiger partial charge is 0.468 e. The summed E-state index contributed by atoms with van der Waals surface area (Å²) >= 11 is 3.29. The minimum atomic E-state index is -3.75. The fraction of sp³-hybridized carbons (Fsp3) is 0.462. The van der Waals surface area contributed by atoms with Crippen molar-refractivity contribution >= 4 is 31.9 Å². The van der Waals surface area contributed by atoms with E-state index in [-0.39, 0.29) is 10.8 Å². The van der Waals surface area contributed by atoms with Crippen molar-refractivity contribution in [3.05, 3.63) is 29.8 Å². The molecule has 112 valence electrons. The number of halogens is 1. The molecule has 0 amide bonds. The molecule has 1 rings (SSSR count). The molecule has 0 saturated carbocycles. The highest BCUT2D eigenvalue weighted by atomic mass is 79.9. The number of sulfonamides is 1. The molecule has 0 fully saturated rings.